The van der Waals surface area contributed by atoms with Gasteiger partial charge in [-0.3, -0.25) is 4.68 Å². The van der Waals surface area contributed by atoms with Crippen LogP contribution in [0.15, 0.2) is 30.9 Å². The van der Waals surface area contributed by atoms with Gasteiger partial charge in [0.05, 0.1) is 23.1 Å². The van der Waals surface area contributed by atoms with Gasteiger partial charge in [0, 0.05) is 31.9 Å². The Labute approximate surface area is 250 Å². The summed E-state index contributed by atoms with van der Waals surface area (Å²) in [6.45, 7) is 13.5. The largest absolute Gasteiger partial charge is 0.480 e. The van der Waals surface area contributed by atoms with E-state index >= 15 is 4.39 Å². The molecule has 0 saturated carbocycles. The Morgan fingerprint density at radius 3 is 2.26 bits per heavy atom. The third kappa shape index (κ3) is 6.42. The van der Waals surface area contributed by atoms with Crippen molar-refractivity contribution < 1.29 is 28.2 Å². The van der Waals surface area contributed by atoms with Crippen molar-refractivity contribution in [3.05, 3.63) is 47.8 Å². The van der Waals surface area contributed by atoms with Gasteiger partial charge in [-0.15, -0.1) is 0 Å². The lowest BCUT2D eigenvalue weighted by Crippen LogP contribution is -2.41. The van der Waals surface area contributed by atoms with Crippen molar-refractivity contribution in [1.82, 2.24) is 24.6 Å². The highest BCUT2D eigenvalue weighted by molar-refractivity contribution is 5.99. The molecule has 0 radical (unpaired) electrons. The zero-order chi connectivity index (χ0) is 31.3. The fraction of sp³-hybridized carbons (Fsp3) is 0.516. The van der Waals surface area contributed by atoms with Gasteiger partial charge in [0.15, 0.2) is 17.4 Å². The molecule has 2 aliphatic rings. The van der Waals surface area contributed by atoms with Crippen molar-refractivity contribution in [3.63, 3.8) is 0 Å². The second-order valence-electron chi connectivity index (χ2n) is 13.0. The van der Waals surface area contributed by atoms with Crippen molar-refractivity contribution in [3.8, 4) is 17.0 Å². The molecule has 230 valence electrons. The second-order valence-corrected chi connectivity index (χ2v) is 13.0. The number of benzene rings is 1. The van der Waals surface area contributed by atoms with Crippen LogP contribution in [0.3, 0.4) is 0 Å². The van der Waals surface area contributed by atoms with Crippen molar-refractivity contribution in [2.24, 2.45) is 7.05 Å². The lowest BCUT2D eigenvalue weighted by molar-refractivity contribution is 0.0204. The van der Waals surface area contributed by atoms with Crippen molar-refractivity contribution in [2.75, 3.05) is 18.0 Å². The number of amides is 2. The molecule has 0 N–H and O–H groups in total. The van der Waals surface area contributed by atoms with E-state index in [0.29, 0.717) is 48.3 Å². The molecule has 2 amide bonds. The summed E-state index contributed by atoms with van der Waals surface area (Å²) in [6, 6.07) is 3.22. The number of fused-ring (bicyclic) bond motifs is 2. The summed E-state index contributed by atoms with van der Waals surface area (Å²) >= 11 is 0. The summed E-state index contributed by atoms with van der Waals surface area (Å²) in [4.78, 5) is 38.4. The zero-order valence-corrected chi connectivity index (χ0v) is 26.0. The van der Waals surface area contributed by atoms with Crippen LogP contribution in [0.5, 0.6) is 5.75 Å². The molecule has 4 heterocycles. The molecule has 0 bridgehead atoms. The SMILES string of the molecule is CC1Oc2c(F)cc(C3CCN(C(=O)OC(C)(C)C)CC3)cc2N(C(=O)OC(C)(C)C)c2ncnc(-c3cnn(C)c3)c21. The number of hydrogen-bond acceptors (Lipinski definition) is 8. The summed E-state index contributed by atoms with van der Waals surface area (Å²) in [6.07, 6.45) is 4.23. The van der Waals surface area contributed by atoms with E-state index in [9.17, 15) is 9.59 Å². The highest BCUT2D eigenvalue weighted by atomic mass is 19.1. The minimum absolute atomic E-state index is 0.0597. The minimum Gasteiger partial charge on any atom is -0.480 e. The van der Waals surface area contributed by atoms with Crippen LogP contribution < -0.4 is 9.64 Å². The highest BCUT2D eigenvalue weighted by Gasteiger charge is 2.38. The molecule has 3 aromatic rings. The second kappa shape index (κ2) is 11.1. The molecule has 1 atom stereocenters. The molecule has 0 aliphatic carbocycles. The van der Waals surface area contributed by atoms with Crippen LogP contribution in [0.4, 0.5) is 25.5 Å². The third-order valence-electron chi connectivity index (χ3n) is 7.24. The molecule has 5 rings (SSSR count). The molecule has 2 aliphatic heterocycles. The standard InChI is InChI=1S/C31H39FN6O5/c1-18-24-25(21-15-35-36(8)16-21)33-17-34-27(24)38(29(40)43-31(5,6)7)23-14-20(13-22(32)26(23)41-18)19-9-11-37(12-10-19)28(39)42-30(2,3)4/h13-19H,9-12H2,1-8H3. The fourth-order valence-corrected chi connectivity index (χ4v) is 5.39. The maximum Gasteiger partial charge on any atom is 0.420 e. The van der Waals surface area contributed by atoms with Gasteiger partial charge in [-0.2, -0.15) is 5.10 Å². The first-order valence-electron chi connectivity index (χ1n) is 14.5. The number of likely N-dealkylation sites (tertiary alicyclic amines) is 1. The van der Waals surface area contributed by atoms with Crippen molar-refractivity contribution in [2.45, 2.75) is 84.5 Å². The molecule has 1 unspecified atom stereocenters. The lowest BCUT2D eigenvalue weighted by Gasteiger charge is -2.34. The van der Waals surface area contributed by atoms with Crippen LogP contribution in [-0.2, 0) is 16.5 Å². The third-order valence-corrected chi connectivity index (χ3v) is 7.24. The number of aromatic nitrogens is 4. The summed E-state index contributed by atoms with van der Waals surface area (Å²) in [5.41, 5.74) is 1.18. The Morgan fingerprint density at radius 2 is 1.65 bits per heavy atom. The Kier molecular flexibility index (Phi) is 7.82. The highest BCUT2D eigenvalue weighted by Crippen LogP contribution is 2.48. The van der Waals surface area contributed by atoms with Crippen LogP contribution in [0.1, 0.15) is 84.5 Å². The monoisotopic (exact) mass is 594 g/mol. The first-order valence-corrected chi connectivity index (χ1v) is 14.5. The van der Waals surface area contributed by atoms with Crippen LogP contribution in [0.2, 0.25) is 0 Å². The number of carbonyl (C=O) groups excluding carboxylic acids is 2. The summed E-state index contributed by atoms with van der Waals surface area (Å²) < 4.78 is 35.2. The first-order chi connectivity index (χ1) is 20.1. The Bertz CT molecular complexity index is 1530. The fourth-order valence-electron chi connectivity index (χ4n) is 5.39. The average Bonchev–Trinajstić information content (AvgIpc) is 3.28. The maximum atomic E-state index is 16.0. The van der Waals surface area contributed by atoms with E-state index in [4.69, 9.17) is 14.2 Å². The van der Waals surface area contributed by atoms with Gasteiger partial charge >= 0.3 is 12.2 Å². The maximum absolute atomic E-state index is 16.0. The summed E-state index contributed by atoms with van der Waals surface area (Å²) in [7, 11) is 1.79. The minimum atomic E-state index is -0.833. The van der Waals surface area contributed by atoms with E-state index in [1.54, 1.807) is 62.8 Å². The van der Waals surface area contributed by atoms with E-state index in [1.165, 1.54) is 17.3 Å². The summed E-state index contributed by atoms with van der Waals surface area (Å²) in [5, 5.41) is 4.26. The van der Waals surface area contributed by atoms with Crippen LogP contribution in [0.25, 0.3) is 11.3 Å². The molecule has 1 fully saturated rings. The Hall–Kier alpha value is -4.22. The number of hydrogen-bond donors (Lipinski definition) is 0. The van der Waals surface area contributed by atoms with Crippen molar-refractivity contribution >= 4 is 23.7 Å². The number of aryl methyl sites for hydroxylation is 1. The van der Waals surface area contributed by atoms with E-state index in [2.05, 4.69) is 15.1 Å². The molecular weight excluding hydrogens is 555 g/mol. The van der Waals surface area contributed by atoms with Crippen LogP contribution in [-0.4, -0.2) is 61.1 Å². The van der Waals surface area contributed by atoms with Gasteiger partial charge in [-0.05, 0) is 84.9 Å². The molecular formula is C31H39FN6O5. The quantitative estimate of drug-likeness (QED) is 0.324. The lowest BCUT2D eigenvalue weighted by atomic mass is 9.89. The predicted molar refractivity (Wildman–Crippen MR) is 158 cm³/mol. The molecule has 2 aromatic heterocycles. The number of anilines is 2. The molecule has 1 saturated heterocycles. The van der Waals surface area contributed by atoms with E-state index in [1.807, 2.05) is 20.8 Å². The van der Waals surface area contributed by atoms with E-state index < -0.39 is 29.2 Å². The topological polar surface area (TPSA) is 112 Å². The van der Waals surface area contributed by atoms with Gasteiger partial charge in [-0.25, -0.2) is 28.8 Å². The number of piperidine rings is 1. The number of halogens is 1. The van der Waals surface area contributed by atoms with Crippen molar-refractivity contribution in [1.29, 1.82) is 0 Å². The van der Waals surface area contributed by atoms with Crippen LogP contribution in [0, 0.1) is 5.82 Å². The zero-order valence-electron chi connectivity index (χ0n) is 26.0. The van der Waals surface area contributed by atoms with Gasteiger partial charge in [0.2, 0.25) is 0 Å². The number of rotatable bonds is 2. The molecule has 43 heavy (non-hydrogen) atoms. The van der Waals surface area contributed by atoms with Gasteiger partial charge in [0.25, 0.3) is 0 Å². The Balaban J connectivity index is 1.56. The summed E-state index contributed by atoms with van der Waals surface area (Å²) in [5.74, 6) is -0.504. The Morgan fingerprint density at radius 1 is 1.00 bits per heavy atom. The number of ether oxygens (including phenoxy) is 3. The predicted octanol–water partition coefficient (Wildman–Crippen LogP) is 6.66. The molecule has 11 nitrogen and oxygen atoms in total. The molecule has 1 aromatic carbocycles. The normalized spacial score (nSPS) is 17.5. The first kappa shape index (κ1) is 30.2. The average molecular weight is 595 g/mol. The van der Waals surface area contributed by atoms with Crippen LogP contribution >= 0.6 is 0 Å². The van der Waals surface area contributed by atoms with Gasteiger partial charge in [-0.1, -0.05) is 0 Å². The van der Waals surface area contributed by atoms with E-state index in [0.717, 1.165) is 0 Å². The smallest absolute Gasteiger partial charge is 0.420 e. The number of carbonyl (C=O) groups is 2. The number of nitrogens with zero attached hydrogens (tertiary/aromatic N) is 6. The van der Waals surface area contributed by atoms with Gasteiger partial charge < -0.3 is 19.1 Å². The molecule has 12 heteroatoms. The van der Waals surface area contributed by atoms with Gasteiger partial charge in [0.1, 0.15) is 23.6 Å². The van der Waals surface area contributed by atoms with E-state index in [-0.39, 0.29) is 29.3 Å². The molecule has 0 spiro atoms.